The molecule has 0 atom stereocenters. The summed E-state index contributed by atoms with van der Waals surface area (Å²) >= 11 is 1.33. The van der Waals surface area contributed by atoms with E-state index in [-0.39, 0.29) is 29.8 Å². The molecule has 0 spiro atoms. The molecule has 1 aromatic heterocycles. The third kappa shape index (κ3) is 5.81. The van der Waals surface area contributed by atoms with Crippen LogP contribution >= 0.6 is 11.3 Å². The van der Waals surface area contributed by atoms with Gasteiger partial charge in [-0.1, -0.05) is 20.8 Å². The Morgan fingerprint density at radius 2 is 1.80 bits per heavy atom. The lowest BCUT2D eigenvalue weighted by Gasteiger charge is -2.36. The van der Waals surface area contributed by atoms with Crippen molar-refractivity contribution in [2.24, 2.45) is 17.3 Å². The first-order valence-electron chi connectivity index (χ1n) is 10.3. The minimum atomic E-state index is -0.373. The number of thiazole rings is 1. The van der Waals surface area contributed by atoms with Crippen molar-refractivity contribution in [2.75, 3.05) is 19.0 Å². The molecule has 7 heteroatoms. The number of anilines is 1. The average Bonchev–Trinajstić information content (AvgIpc) is 3.20. The van der Waals surface area contributed by atoms with Gasteiger partial charge in [0, 0.05) is 10.9 Å². The molecule has 6 nitrogen and oxygen atoms in total. The van der Waals surface area contributed by atoms with Crippen LogP contribution in [0.25, 0.3) is 11.3 Å². The predicted molar refractivity (Wildman–Crippen MR) is 119 cm³/mol. The van der Waals surface area contributed by atoms with Gasteiger partial charge >= 0.3 is 5.97 Å². The van der Waals surface area contributed by atoms with E-state index in [2.05, 4.69) is 31.1 Å². The maximum atomic E-state index is 12.3. The Morgan fingerprint density at radius 3 is 2.40 bits per heavy atom. The van der Waals surface area contributed by atoms with Gasteiger partial charge in [0.05, 0.1) is 18.7 Å². The van der Waals surface area contributed by atoms with Crippen LogP contribution < -0.4 is 10.1 Å². The Kier molecular flexibility index (Phi) is 7.13. The lowest BCUT2D eigenvalue weighted by molar-refractivity contribution is -0.153. The van der Waals surface area contributed by atoms with E-state index in [9.17, 15) is 9.59 Å². The fourth-order valence-corrected chi connectivity index (χ4v) is 4.57. The number of carbonyl (C=O) groups is 2. The summed E-state index contributed by atoms with van der Waals surface area (Å²) in [6.07, 6.45) is 3.73. The summed E-state index contributed by atoms with van der Waals surface area (Å²) in [7, 11) is 1.62. The van der Waals surface area contributed by atoms with E-state index in [0.717, 1.165) is 42.7 Å². The first-order chi connectivity index (χ1) is 14.3. The van der Waals surface area contributed by atoms with Gasteiger partial charge in [-0.05, 0) is 61.3 Å². The number of hydrogen-bond donors (Lipinski definition) is 1. The van der Waals surface area contributed by atoms with E-state index in [0.29, 0.717) is 11.0 Å². The van der Waals surface area contributed by atoms with Crippen molar-refractivity contribution in [1.82, 2.24) is 4.98 Å². The molecule has 1 N–H and O–H groups in total. The molecule has 0 unspecified atom stereocenters. The zero-order chi connectivity index (χ0) is 21.7. The number of methoxy groups -OCH3 is 1. The predicted octanol–water partition coefficient (Wildman–Crippen LogP) is 5.15. The van der Waals surface area contributed by atoms with Crippen LogP contribution in [-0.2, 0) is 14.3 Å². The number of nitrogens with one attached hydrogen (secondary N) is 1. The van der Waals surface area contributed by atoms with E-state index >= 15 is 0 Å². The first kappa shape index (κ1) is 22.3. The van der Waals surface area contributed by atoms with Crippen LogP contribution in [0.3, 0.4) is 0 Å². The molecule has 1 amide bonds. The second kappa shape index (κ2) is 9.60. The smallest absolute Gasteiger partial charge is 0.309 e. The lowest BCUT2D eigenvalue weighted by atomic mass is 9.70. The van der Waals surface area contributed by atoms with E-state index in [4.69, 9.17) is 9.47 Å². The number of amides is 1. The molecular formula is C23H30N2O4S. The van der Waals surface area contributed by atoms with Crippen LogP contribution in [0, 0.1) is 17.3 Å². The molecule has 2 aromatic rings. The van der Waals surface area contributed by atoms with Gasteiger partial charge in [-0.25, -0.2) is 4.98 Å². The van der Waals surface area contributed by atoms with Gasteiger partial charge < -0.3 is 9.47 Å². The topological polar surface area (TPSA) is 77.5 Å². The Balaban J connectivity index is 1.45. The zero-order valence-corrected chi connectivity index (χ0v) is 18.9. The SMILES string of the molecule is COc1ccc(-c2csc(NC(=O)COC(=O)C3CCC(C(C)(C)C)CC3)n2)cc1. The van der Waals surface area contributed by atoms with Crippen molar-refractivity contribution in [3.8, 4) is 17.0 Å². The second-order valence-corrected chi connectivity index (χ2v) is 9.69. The number of rotatable bonds is 6. The third-order valence-electron chi connectivity index (χ3n) is 5.77. The van der Waals surface area contributed by atoms with Crippen LogP contribution in [-0.4, -0.2) is 30.6 Å². The molecule has 162 valence electrons. The maximum Gasteiger partial charge on any atom is 0.309 e. The average molecular weight is 431 g/mol. The number of hydrogen-bond acceptors (Lipinski definition) is 6. The van der Waals surface area contributed by atoms with Crippen molar-refractivity contribution in [2.45, 2.75) is 46.5 Å². The normalized spacial score (nSPS) is 19.2. The summed E-state index contributed by atoms with van der Waals surface area (Å²) in [4.78, 5) is 28.9. The molecule has 1 fully saturated rings. The van der Waals surface area contributed by atoms with Gasteiger partial charge in [0.2, 0.25) is 0 Å². The number of esters is 1. The summed E-state index contributed by atoms with van der Waals surface area (Å²) in [6.45, 7) is 6.47. The van der Waals surface area contributed by atoms with Crippen LogP contribution in [0.5, 0.6) is 5.75 Å². The summed E-state index contributed by atoms with van der Waals surface area (Å²) in [5.41, 5.74) is 1.98. The van der Waals surface area contributed by atoms with Gasteiger partial charge in [0.25, 0.3) is 5.91 Å². The third-order valence-corrected chi connectivity index (χ3v) is 6.52. The number of carbonyl (C=O) groups excluding carboxylic acids is 2. The van der Waals surface area contributed by atoms with Crippen molar-refractivity contribution < 1.29 is 19.1 Å². The Bertz CT molecular complexity index is 862. The minimum Gasteiger partial charge on any atom is -0.497 e. The Hall–Kier alpha value is -2.41. The largest absolute Gasteiger partial charge is 0.497 e. The highest BCUT2D eigenvalue weighted by molar-refractivity contribution is 7.14. The number of aromatic nitrogens is 1. The minimum absolute atomic E-state index is 0.0991. The molecular weight excluding hydrogens is 400 g/mol. The van der Waals surface area contributed by atoms with Gasteiger partial charge in [0.15, 0.2) is 11.7 Å². The van der Waals surface area contributed by atoms with E-state index in [1.165, 1.54) is 11.3 Å². The summed E-state index contributed by atoms with van der Waals surface area (Å²) in [6, 6.07) is 7.55. The van der Waals surface area contributed by atoms with Gasteiger partial charge in [-0.2, -0.15) is 0 Å². The highest BCUT2D eigenvalue weighted by Gasteiger charge is 2.33. The summed E-state index contributed by atoms with van der Waals surface area (Å²) in [5.74, 6) is 0.668. The summed E-state index contributed by atoms with van der Waals surface area (Å²) < 4.78 is 10.4. The molecule has 1 aromatic carbocycles. The molecule has 1 aliphatic carbocycles. The van der Waals surface area contributed by atoms with Gasteiger partial charge in [-0.3, -0.25) is 14.9 Å². The quantitative estimate of drug-likeness (QED) is 0.641. The Labute approximate surface area is 182 Å². The molecule has 1 heterocycles. The van der Waals surface area contributed by atoms with Gasteiger partial charge in [-0.15, -0.1) is 11.3 Å². The lowest BCUT2D eigenvalue weighted by Crippen LogP contribution is -2.31. The van der Waals surface area contributed by atoms with Crippen molar-refractivity contribution >= 4 is 28.3 Å². The molecule has 30 heavy (non-hydrogen) atoms. The maximum absolute atomic E-state index is 12.3. The molecule has 0 bridgehead atoms. The zero-order valence-electron chi connectivity index (χ0n) is 18.1. The number of ether oxygens (including phenoxy) is 2. The van der Waals surface area contributed by atoms with Crippen molar-refractivity contribution in [1.29, 1.82) is 0 Å². The fourth-order valence-electron chi connectivity index (χ4n) is 3.83. The highest BCUT2D eigenvalue weighted by Crippen LogP contribution is 2.40. The van der Waals surface area contributed by atoms with E-state index < -0.39 is 0 Å². The molecule has 3 rings (SSSR count). The monoisotopic (exact) mass is 430 g/mol. The summed E-state index contributed by atoms with van der Waals surface area (Å²) in [5, 5.41) is 5.06. The molecule has 1 saturated carbocycles. The van der Waals surface area contributed by atoms with Crippen LogP contribution in [0.4, 0.5) is 5.13 Å². The fraction of sp³-hybridized carbons (Fsp3) is 0.522. The first-order valence-corrected chi connectivity index (χ1v) is 11.2. The Morgan fingerprint density at radius 1 is 1.13 bits per heavy atom. The highest BCUT2D eigenvalue weighted by atomic mass is 32.1. The van der Waals surface area contributed by atoms with Gasteiger partial charge in [0.1, 0.15) is 5.75 Å². The molecule has 0 saturated heterocycles. The van der Waals surface area contributed by atoms with Crippen molar-refractivity contribution in [3.05, 3.63) is 29.6 Å². The molecule has 1 aliphatic rings. The second-order valence-electron chi connectivity index (χ2n) is 8.84. The molecule has 0 radical (unpaired) electrons. The molecule has 0 aliphatic heterocycles. The van der Waals surface area contributed by atoms with E-state index in [1.807, 2.05) is 29.6 Å². The van der Waals surface area contributed by atoms with Crippen LogP contribution in [0.15, 0.2) is 29.6 Å². The van der Waals surface area contributed by atoms with Crippen LogP contribution in [0.2, 0.25) is 0 Å². The number of benzene rings is 1. The van der Waals surface area contributed by atoms with Crippen LogP contribution in [0.1, 0.15) is 46.5 Å². The van der Waals surface area contributed by atoms with Crippen molar-refractivity contribution in [3.63, 3.8) is 0 Å². The standard InChI is InChI=1S/C23H30N2O4S/c1-23(2,3)17-9-5-16(6-10-17)21(27)29-13-20(26)25-22-24-19(14-30-22)15-7-11-18(28-4)12-8-15/h7-8,11-12,14,16-17H,5-6,9-10,13H2,1-4H3,(H,24,25,26). The number of nitrogens with zero attached hydrogens (tertiary/aromatic N) is 1. The van der Waals surface area contributed by atoms with E-state index in [1.54, 1.807) is 7.11 Å².